The molecule has 7 heteroatoms. The number of nitrogens with zero attached hydrogens (tertiary/aromatic N) is 3. The van der Waals surface area contributed by atoms with Gasteiger partial charge in [-0.05, 0) is 61.1 Å². The molecule has 0 radical (unpaired) electrons. The van der Waals surface area contributed by atoms with Crippen LogP contribution in [0, 0.1) is 5.41 Å². The predicted molar refractivity (Wildman–Crippen MR) is 116 cm³/mol. The maximum atomic E-state index is 13.7. The van der Waals surface area contributed by atoms with E-state index in [1.807, 2.05) is 35.2 Å². The molecule has 1 aliphatic heterocycles. The average Bonchev–Trinajstić information content (AvgIpc) is 3.29. The minimum absolute atomic E-state index is 0.120. The van der Waals surface area contributed by atoms with Crippen LogP contribution in [-0.4, -0.2) is 46.8 Å². The summed E-state index contributed by atoms with van der Waals surface area (Å²) in [7, 11) is 1.67. The van der Waals surface area contributed by atoms with Crippen molar-refractivity contribution in [3.63, 3.8) is 0 Å². The topological polar surface area (TPSA) is 84.7 Å². The van der Waals surface area contributed by atoms with Gasteiger partial charge in [-0.3, -0.25) is 9.69 Å². The van der Waals surface area contributed by atoms with Gasteiger partial charge in [-0.1, -0.05) is 18.2 Å². The first kappa shape index (κ1) is 19.8. The Balaban J connectivity index is 1.47. The van der Waals surface area contributed by atoms with Gasteiger partial charge in [-0.25, -0.2) is 9.78 Å². The number of carboxylic acid groups (broad SMARTS) is 1. The second-order valence-electron chi connectivity index (χ2n) is 8.50. The van der Waals surface area contributed by atoms with Crippen molar-refractivity contribution >= 4 is 28.9 Å². The molecule has 2 aliphatic rings. The molecule has 5 rings (SSSR count). The Labute approximate surface area is 180 Å². The van der Waals surface area contributed by atoms with E-state index in [1.165, 1.54) is 0 Å². The first-order valence-electron chi connectivity index (χ1n) is 10.6. The third-order valence-electron chi connectivity index (χ3n) is 6.76. The third kappa shape index (κ3) is 3.20. The molecule has 31 heavy (non-hydrogen) atoms. The fourth-order valence-electron chi connectivity index (χ4n) is 5.07. The zero-order chi connectivity index (χ0) is 21.6. The van der Waals surface area contributed by atoms with E-state index in [1.54, 1.807) is 19.2 Å². The number of carbonyl (C=O) groups excluding carboxylic acids is 1. The third-order valence-corrected chi connectivity index (χ3v) is 6.76. The zero-order valence-corrected chi connectivity index (χ0v) is 17.5. The summed E-state index contributed by atoms with van der Waals surface area (Å²) in [6.07, 6.45) is 2.88. The van der Waals surface area contributed by atoms with Gasteiger partial charge in [-0.2, -0.15) is 0 Å². The normalized spacial score (nSPS) is 20.5. The van der Waals surface area contributed by atoms with E-state index in [-0.39, 0.29) is 5.91 Å². The number of hydrogen-bond acceptors (Lipinski definition) is 4. The Morgan fingerprint density at radius 3 is 2.84 bits per heavy atom. The molecule has 0 bridgehead atoms. The number of aryl methyl sites for hydroxylation is 1. The van der Waals surface area contributed by atoms with Gasteiger partial charge in [0.25, 0.3) is 0 Å². The van der Waals surface area contributed by atoms with Gasteiger partial charge < -0.3 is 14.4 Å². The Morgan fingerprint density at radius 2 is 2.03 bits per heavy atom. The summed E-state index contributed by atoms with van der Waals surface area (Å²) in [5.41, 5.74) is 3.86. The van der Waals surface area contributed by atoms with Gasteiger partial charge in [0.1, 0.15) is 0 Å². The fraction of sp³-hybridized carbons (Fsp3) is 0.375. The Kier molecular flexibility index (Phi) is 4.78. The van der Waals surface area contributed by atoms with Crippen molar-refractivity contribution in [2.45, 2.75) is 32.2 Å². The van der Waals surface area contributed by atoms with Gasteiger partial charge in [0, 0.05) is 20.2 Å². The summed E-state index contributed by atoms with van der Waals surface area (Å²) in [6, 6.07) is 13.2. The molecule has 1 saturated heterocycles. The van der Waals surface area contributed by atoms with E-state index in [4.69, 9.17) is 9.72 Å². The van der Waals surface area contributed by atoms with Crippen LogP contribution in [0.3, 0.4) is 0 Å². The number of hydrogen-bond donors (Lipinski definition) is 1. The van der Waals surface area contributed by atoms with Crippen LogP contribution in [0.15, 0.2) is 42.5 Å². The second kappa shape index (κ2) is 7.50. The highest BCUT2D eigenvalue weighted by Crippen LogP contribution is 2.45. The van der Waals surface area contributed by atoms with E-state index in [0.29, 0.717) is 37.6 Å². The van der Waals surface area contributed by atoms with Crippen LogP contribution < -0.4 is 4.90 Å². The molecule has 1 aliphatic carbocycles. The van der Waals surface area contributed by atoms with E-state index >= 15 is 0 Å². The smallest absolute Gasteiger partial charge is 0.335 e. The highest BCUT2D eigenvalue weighted by molar-refractivity contribution is 6.00. The number of anilines is 1. The molecule has 1 aromatic heterocycles. The average molecular weight is 419 g/mol. The standard InChI is InChI=1S/C24H25N3O4/c1-31-13-12-26-20-5-3-2-4-19(20)25-23(26)27-11-10-24(22(27)30)9-8-16-14-17(21(28)29)6-7-18(16)15-24/h2-7,14H,8-13,15H2,1H3,(H,28,29)/t24-/m0/s1. The summed E-state index contributed by atoms with van der Waals surface area (Å²) in [6.45, 7) is 1.81. The lowest BCUT2D eigenvalue weighted by atomic mass is 9.70. The molecule has 2 heterocycles. The first-order chi connectivity index (χ1) is 15.0. The molecule has 1 spiro atoms. The first-order valence-corrected chi connectivity index (χ1v) is 10.6. The number of benzene rings is 2. The molecular formula is C24H25N3O4. The minimum Gasteiger partial charge on any atom is -0.478 e. The second-order valence-corrected chi connectivity index (χ2v) is 8.50. The minimum atomic E-state index is -0.916. The molecule has 160 valence electrons. The molecule has 7 nitrogen and oxygen atoms in total. The number of amides is 1. The Bertz CT molecular complexity index is 1180. The number of carbonyl (C=O) groups is 2. The predicted octanol–water partition coefficient (Wildman–Crippen LogP) is 3.29. The van der Waals surface area contributed by atoms with Crippen LogP contribution in [0.2, 0.25) is 0 Å². The summed E-state index contributed by atoms with van der Waals surface area (Å²) < 4.78 is 7.37. The van der Waals surface area contributed by atoms with E-state index in [2.05, 4.69) is 4.57 Å². The number of carboxylic acids is 1. The molecular weight excluding hydrogens is 394 g/mol. The van der Waals surface area contributed by atoms with Crippen LogP contribution >= 0.6 is 0 Å². The highest BCUT2D eigenvalue weighted by atomic mass is 16.5. The van der Waals surface area contributed by atoms with Crippen molar-refractivity contribution in [2.75, 3.05) is 25.2 Å². The van der Waals surface area contributed by atoms with Crippen molar-refractivity contribution in [3.8, 4) is 0 Å². The zero-order valence-electron chi connectivity index (χ0n) is 17.5. The monoisotopic (exact) mass is 419 g/mol. The molecule has 0 saturated carbocycles. The van der Waals surface area contributed by atoms with Crippen molar-refractivity contribution in [1.29, 1.82) is 0 Å². The number of ether oxygens (including phenoxy) is 1. The van der Waals surface area contributed by atoms with Crippen LogP contribution in [0.25, 0.3) is 11.0 Å². The number of fused-ring (bicyclic) bond motifs is 2. The Hall–Kier alpha value is -3.19. The van der Waals surface area contributed by atoms with Gasteiger partial charge in [-0.15, -0.1) is 0 Å². The quantitative estimate of drug-likeness (QED) is 0.686. The molecule has 1 N–H and O–H groups in total. The van der Waals surface area contributed by atoms with Crippen LogP contribution in [0.1, 0.15) is 34.3 Å². The summed E-state index contributed by atoms with van der Waals surface area (Å²) in [4.78, 5) is 31.6. The molecule has 0 unspecified atom stereocenters. The van der Waals surface area contributed by atoms with Crippen molar-refractivity contribution < 1.29 is 19.4 Å². The highest BCUT2D eigenvalue weighted by Gasteiger charge is 2.49. The largest absolute Gasteiger partial charge is 0.478 e. The lowest BCUT2D eigenvalue weighted by Crippen LogP contribution is -2.39. The maximum Gasteiger partial charge on any atom is 0.335 e. The SMILES string of the molecule is COCCn1c(N2CC[C@]3(CCc4cc(C(=O)O)ccc4C3)C2=O)nc2ccccc21. The lowest BCUT2D eigenvalue weighted by Gasteiger charge is -2.33. The van der Waals surface area contributed by atoms with E-state index in [0.717, 1.165) is 41.4 Å². The van der Waals surface area contributed by atoms with Crippen LogP contribution in [-0.2, 0) is 28.9 Å². The maximum absolute atomic E-state index is 13.7. The van der Waals surface area contributed by atoms with Crippen molar-refractivity contribution in [2.24, 2.45) is 5.41 Å². The number of para-hydroxylation sites is 2. The van der Waals surface area contributed by atoms with Gasteiger partial charge >= 0.3 is 5.97 Å². The molecule has 1 atom stereocenters. The molecule has 3 aromatic rings. The van der Waals surface area contributed by atoms with Gasteiger partial charge in [0.2, 0.25) is 11.9 Å². The van der Waals surface area contributed by atoms with Gasteiger partial charge in [0.05, 0.1) is 28.6 Å². The molecule has 2 aromatic carbocycles. The number of aromatic carboxylic acids is 1. The number of aromatic nitrogens is 2. The van der Waals surface area contributed by atoms with Crippen molar-refractivity contribution in [1.82, 2.24) is 9.55 Å². The van der Waals surface area contributed by atoms with E-state index < -0.39 is 11.4 Å². The fourth-order valence-corrected chi connectivity index (χ4v) is 5.07. The van der Waals surface area contributed by atoms with Crippen molar-refractivity contribution in [3.05, 3.63) is 59.2 Å². The van der Waals surface area contributed by atoms with Crippen LogP contribution in [0.4, 0.5) is 5.95 Å². The van der Waals surface area contributed by atoms with E-state index in [9.17, 15) is 14.7 Å². The number of rotatable bonds is 5. The molecule has 1 fully saturated rings. The Morgan fingerprint density at radius 1 is 1.19 bits per heavy atom. The summed E-state index contributed by atoms with van der Waals surface area (Å²) in [5, 5.41) is 9.26. The van der Waals surface area contributed by atoms with Crippen LogP contribution in [0.5, 0.6) is 0 Å². The summed E-state index contributed by atoms with van der Waals surface area (Å²) in [5.74, 6) is -0.109. The molecule has 1 amide bonds. The van der Waals surface area contributed by atoms with Gasteiger partial charge in [0.15, 0.2) is 0 Å². The number of methoxy groups -OCH3 is 1. The lowest BCUT2D eigenvalue weighted by molar-refractivity contribution is -0.126. The summed E-state index contributed by atoms with van der Waals surface area (Å²) >= 11 is 0. The number of imidazole rings is 1.